The molecule has 0 aliphatic carbocycles. The Labute approximate surface area is 256 Å². The van der Waals surface area contributed by atoms with Crippen molar-refractivity contribution in [2.45, 2.75) is 38.6 Å². The van der Waals surface area contributed by atoms with Gasteiger partial charge in [-0.1, -0.05) is 13.5 Å². The van der Waals surface area contributed by atoms with E-state index in [2.05, 4.69) is 40.1 Å². The maximum atomic E-state index is 12.3. The molecule has 1 aromatic rings. The van der Waals surface area contributed by atoms with Gasteiger partial charge < -0.3 is 51.3 Å². The zero-order valence-corrected chi connectivity index (χ0v) is 25.8. The van der Waals surface area contributed by atoms with E-state index in [-0.39, 0.29) is 25.0 Å². The minimum atomic E-state index is -0.579. The Kier molecular flexibility index (Phi) is 22.2. The second-order valence-corrected chi connectivity index (χ2v) is 9.74. The van der Waals surface area contributed by atoms with E-state index in [0.717, 1.165) is 25.2 Å². The summed E-state index contributed by atoms with van der Waals surface area (Å²) in [6.45, 7) is 11.1. The normalized spacial score (nSPS) is 11.5. The molecule has 13 heteroatoms. The molecular formula is C30H52N6O7. The summed E-state index contributed by atoms with van der Waals surface area (Å²) in [6, 6.07) is 6.80. The topological polar surface area (TPSA) is 174 Å². The minimum Gasteiger partial charge on any atom is -0.385 e. The fourth-order valence-corrected chi connectivity index (χ4v) is 3.65. The van der Waals surface area contributed by atoms with E-state index in [4.69, 9.17) is 24.7 Å². The number of benzene rings is 1. The second kappa shape index (κ2) is 25.3. The number of nitrogens with two attached hydrogens (primary N) is 1. The Bertz CT molecular complexity index is 917. The number of carbonyl (C=O) groups is 3. The fourth-order valence-electron chi connectivity index (χ4n) is 3.65. The number of ether oxygens (including phenoxy) is 4. The van der Waals surface area contributed by atoms with Crippen LogP contribution in [0.5, 0.6) is 0 Å². The van der Waals surface area contributed by atoms with Gasteiger partial charge in [-0.3, -0.25) is 14.4 Å². The first-order valence-electron chi connectivity index (χ1n) is 14.9. The molecule has 1 aromatic carbocycles. The van der Waals surface area contributed by atoms with Crippen LogP contribution >= 0.6 is 0 Å². The van der Waals surface area contributed by atoms with E-state index in [9.17, 15) is 14.4 Å². The van der Waals surface area contributed by atoms with Crippen molar-refractivity contribution >= 4 is 23.4 Å². The summed E-state index contributed by atoms with van der Waals surface area (Å²) in [4.78, 5) is 35.9. The summed E-state index contributed by atoms with van der Waals surface area (Å²) in [5.74, 6) is -0.823. The molecule has 13 nitrogen and oxygen atoms in total. The number of rotatable bonds is 28. The predicted molar refractivity (Wildman–Crippen MR) is 167 cm³/mol. The molecule has 0 aliphatic heterocycles. The summed E-state index contributed by atoms with van der Waals surface area (Å²) < 4.78 is 21.5. The largest absolute Gasteiger partial charge is 0.385 e. The minimum absolute atomic E-state index is 0.0249. The number of anilines is 1. The first-order chi connectivity index (χ1) is 20.9. The molecule has 0 aromatic heterocycles. The van der Waals surface area contributed by atoms with Crippen LogP contribution in [0.2, 0.25) is 0 Å². The van der Waals surface area contributed by atoms with Gasteiger partial charge in [0.1, 0.15) is 12.6 Å². The van der Waals surface area contributed by atoms with E-state index < -0.39 is 11.9 Å². The molecule has 0 fully saturated rings. The van der Waals surface area contributed by atoms with E-state index >= 15 is 0 Å². The molecule has 0 heterocycles. The van der Waals surface area contributed by atoms with Crippen LogP contribution in [0.1, 0.15) is 43.0 Å². The van der Waals surface area contributed by atoms with Crippen LogP contribution in [0.3, 0.4) is 0 Å². The lowest BCUT2D eigenvalue weighted by molar-refractivity contribution is -0.126. The maximum absolute atomic E-state index is 12.3. The third kappa shape index (κ3) is 20.3. The van der Waals surface area contributed by atoms with Crippen molar-refractivity contribution in [1.82, 2.24) is 21.3 Å². The van der Waals surface area contributed by atoms with E-state index in [1.807, 2.05) is 19.2 Å². The summed E-state index contributed by atoms with van der Waals surface area (Å²) in [6.07, 6.45) is 2.93. The molecule has 0 unspecified atom stereocenters. The number of nitrogens with one attached hydrogen (secondary N) is 5. The van der Waals surface area contributed by atoms with Gasteiger partial charge in [0.2, 0.25) is 11.8 Å². The van der Waals surface area contributed by atoms with Crippen LogP contribution in [-0.2, 0) is 28.5 Å². The monoisotopic (exact) mass is 608 g/mol. The van der Waals surface area contributed by atoms with Crippen LogP contribution < -0.4 is 32.3 Å². The van der Waals surface area contributed by atoms with Gasteiger partial charge in [0.25, 0.3) is 5.91 Å². The molecule has 7 N–H and O–H groups in total. The Morgan fingerprint density at radius 2 is 1.47 bits per heavy atom. The highest BCUT2D eigenvalue weighted by atomic mass is 16.5. The summed E-state index contributed by atoms with van der Waals surface area (Å²) >= 11 is 0. The van der Waals surface area contributed by atoms with Crippen molar-refractivity contribution in [3.8, 4) is 0 Å². The number of hydrogen-bond acceptors (Lipinski definition) is 10. The molecule has 0 spiro atoms. The quantitative estimate of drug-likeness (QED) is 0.0746. The maximum Gasteiger partial charge on any atom is 0.251 e. The van der Waals surface area contributed by atoms with Crippen molar-refractivity contribution in [3.05, 3.63) is 42.1 Å². The lowest BCUT2D eigenvalue weighted by Gasteiger charge is -2.18. The lowest BCUT2D eigenvalue weighted by atomic mass is 10.1. The highest BCUT2D eigenvalue weighted by molar-refractivity contribution is 5.94. The van der Waals surface area contributed by atoms with Gasteiger partial charge >= 0.3 is 0 Å². The molecular weight excluding hydrogens is 556 g/mol. The standard InChI is InChI=1S/C30H52N6O7/c1-4-12-33-26-10-8-25(9-11-26)30(39)35-13-6-5-7-27(29(31)38)36-24(2)22-42-20-18-41-17-15-34-28(37)23-43-21-19-40-16-14-32-3/h8-11,27,32-33,36H,2,4-7,12-23H2,1,3H3,(H2,31,38)(H,34,37)(H,35,39)/t27-/m0/s1. The number of primary amides is 1. The Morgan fingerprint density at radius 3 is 2.12 bits per heavy atom. The van der Waals surface area contributed by atoms with Gasteiger partial charge in [-0.05, 0) is 57.0 Å². The molecule has 0 bridgehead atoms. The molecule has 43 heavy (non-hydrogen) atoms. The third-order valence-electron chi connectivity index (χ3n) is 5.97. The smallest absolute Gasteiger partial charge is 0.251 e. The van der Waals surface area contributed by atoms with E-state index in [1.165, 1.54) is 0 Å². The highest BCUT2D eigenvalue weighted by Crippen LogP contribution is 2.10. The molecule has 1 atom stereocenters. The molecule has 0 saturated heterocycles. The SMILES string of the molecule is C=C(COCCOCCNC(=O)COCCOCCNC)N[C@@H](CCCCNC(=O)c1ccc(NCCC)cc1)C(N)=O. The molecule has 244 valence electrons. The zero-order valence-electron chi connectivity index (χ0n) is 25.8. The van der Waals surface area contributed by atoms with Gasteiger partial charge in [0.05, 0.1) is 46.2 Å². The van der Waals surface area contributed by atoms with Crippen molar-refractivity contribution in [2.75, 3.05) is 91.4 Å². The van der Waals surface area contributed by atoms with Crippen molar-refractivity contribution in [2.24, 2.45) is 5.73 Å². The van der Waals surface area contributed by atoms with Crippen LogP contribution in [0.15, 0.2) is 36.5 Å². The Morgan fingerprint density at radius 1 is 0.814 bits per heavy atom. The van der Waals surface area contributed by atoms with Crippen molar-refractivity contribution in [3.63, 3.8) is 0 Å². The number of hydrogen-bond donors (Lipinski definition) is 6. The second-order valence-electron chi connectivity index (χ2n) is 9.74. The van der Waals surface area contributed by atoms with Gasteiger partial charge in [-0.2, -0.15) is 0 Å². The summed E-state index contributed by atoms with van der Waals surface area (Å²) in [5.41, 5.74) is 7.67. The lowest BCUT2D eigenvalue weighted by Crippen LogP contribution is -2.41. The van der Waals surface area contributed by atoms with Crippen LogP contribution in [0.25, 0.3) is 0 Å². The van der Waals surface area contributed by atoms with Crippen LogP contribution in [-0.4, -0.2) is 110 Å². The van der Waals surface area contributed by atoms with E-state index in [0.29, 0.717) is 83.3 Å². The number of unbranched alkanes of at least 4 members (excludes halogenated alkanes) is 1. The first-order valence-corrected chi connectivity index (χ1v) is 14.9. The average molecular weight is 609 g/mol. The van der Waals surface area contributed by atoms with Gasteiger partial charge in [0, 0.05) is 43.1 Å². The Hall–Kier alpha value is -3.23. The molecule has 0 saturated carbocycles. The van der Waals surface area contributed by atoms with E-state index in [1.54, 1.807) is 12.1 Å². The first kappa shape index (κ1) is 37.8. The number of likely N-dealkylation sites (N-methyl/N-ethyl adjacent to an activating group) is 1. The fraction of sp³-hybridized carbons (Fsp3) is 0.633. The molecule has 0 aliphatic rings. The Balaban J connectivity index is 2.06. The summed E-state index contributed by atoms with van der Waals surface area (Å²) in [7, 11) is 1.85. The molecule has 0 radical (unpaired) electrons. The molecule has 1 rings (SSSR count). The summed E-state index contributed by atoms with van der Waals surface area (Å²) in [5, 5.41) is 14.9. The predicted octanol–water partition coefficient (Wildman–Crippen LogP) is 0.768. The van der Waals surface area contributed by atoms with Gasteiger partial charge in [-0.15, -0.1) is 0 Å². The zero-order chi connectivity index (χ0) is 31.5. The average Bonchev–Trinajstić information content (AvgIpc) is 3.00. The third-order valence-corrected chi connectivity index (χ3v) is 5.97. The van der Waals surface area contributed by atoms with Gasteiger partial charge in [0.15, 0.2) is 0 Å². The van der Waals surface area contributed by atoms with Crippen LogP contribution in [0, 0.1) is 0 Å². The van der Waals surface area contributed by atoms with Crippen molar-refractivity contribution in [1.29, 1.82) is 0 Å². The highest BCUT2D eigenvalue weighted by Gasteiger charge is 2.15. The van der Waals surface area contributed by atoms with Crippen molar-refractivity contribution < 1.29 is 33.3 Å². The number of amides is 3. The molecule has 3 amide bonds. The van der Waals surface area contributed by atoms with Crippen LogP contribution in [0.4, 0.5) is 5.69 Å². The van der Waals surface area contributed by atoms with Gasteiger partial charge in [-0.25, -0.2) is 0 Å². The number of carbonyl (C=O) groups excluding carboxylic acids is 3.